The predicted octanol–water partition coefficient (Wildman–Crippen LogP) is 2.20. The zero-order chi connectivity index (χ0) is 10.1. The average molecular weight is 220 g/mol. The summed E-state index contributed by atoms with van der Waals surface area (Å²) >= 11 is 1.76. The Balaban J connectivity index is 1.99. The molecule has 0 atom stereocenters. The molecule has 2 heterocycles. The molecule has 78 valence electrons. The van der Waals surface area contributed by atoms with Gasteiger partial charge in [-0.3, -0.25) is 5.10 Å². The Morgan fingerprint density at radius 2 is 2.13 bits per heavy atom. The van der Waals surface area contributed by atoms with Crippen molar-refractivity contribution in [1.82, 2.24) is 20.2 Å². The Morgan fingerprint density at radius 3 is 3.00 bits per heavy atom. The van der Waals surface area contributed by atoms with Crippen LogP contribution in [0.5, 0.6) is 0 Å². The molecule has 4 nitrogen and oxygen atoms in total. The number of nitrogens with zero attached hydrogens (tertiary/aromatic N) is 3. The summed E-state index contributed by atoms with van der Waals surface area (Å²) in [7, 11) is 0. The molecule has 0 bridgehead atoms. The highest BCUT2D eigenvalue weighted by Crippen LogP contribution is 2.30. The largest absolute Gasteiger partial charge is 0.257 e. The summed E-state index contributed by atoms with van der Waals surface area (Å²) in [5, 5.41) is 7.70. The van der Waals surface area contributed by atoms with Crippen molar-refractivity contribution in [2.45, 2.75) is 32.1 Å². The lowest BCUT2D eigenvalue weighted by Gasteiger charge is -1.91. The molecule has 0 saturated heterocycles. The van der Waals surface area contributed by atoms with E-state index in [2.05, 4.69) is 20.2 Å². The van der Waals surface area contributed by atoms with Gasteiger partial charge in [0, 0.05) is 4.88 Å². The average Bonchev–Trinajstić information content (AvgIpc) is 2.84. The fraction of sp³-hybridized carbons (Fsp3) is 0.500. The van der Waals surface area contributed by atoms with Gasteiger partial charge in [-0.15, -0.1) is 11.3 Å². The number of fused-ring (bicyclic) bond motifs is 1. The summed E-state index contributed by atoms with van der Waals surface area (Å²) in [6.07, 6.45) is 7.74. The minimum absolute atomic E-state index is 0.799. The molecular formula is C10H12N4S. The van der Waals surface area contributed by atoms with Crippen molar-refractivity contribution in [2.75, 3.05) is 0 Å². The van der Waals surface area contributed by atoms with Gasteiger partial charge < -0.3 is 0 Å². The van der Waals surface area contributed by atoms with Crippen LogP contribution in [0.2, 0.25) is 0 Å². The zero-order valence-corrected chi connectivity index (χ0v) is 9.18. The first kappa shape index (κ1) is 9.03. The standard InChI is InChI=1S/C10H12N4S/c1-2-4-7-8(5-3-1)15-10(13-7)9-11-6-12-14-9/h6H,1-5H2,(H,11,12,14). The summed E-state index contributed by atoms with van der Waals surface area (Å²) < 4.78 is 0. The second kappa shape index (κ2) is 3.73. The fourth-order valence-corrected chi connectivity index (χ4v) is 3.03. The first-order chi connectivity index (χ1) is 7.43. The summed E-state index contributed by atoms with van der Waals surface area (Å²) in [5.74, 6) is 0.799. The number of aryl methyl sites for hydroxylation is 2. The number of rotatable bonds is 1. The van der Waals surface area contributed by atoms with Gasteiger partial charge in [0.1, 0.15) is 6.33 Å². The minimum atomic E-state index is 0.799. The number of thiazole rings is 1. The monoisotopic (exact) mass is 220 g/mol. The summed E-state index contributed by atoms with van der Waals surface area (Å²) in [6, 6.07) is 0. The van der Waals surface area contributed by atoms with Gasteiger partial charge in [0.15, 0.2) is 10.8 Å². The van der Waals surface area contributed by atoms with Crippen molar-refractivity contribution in [3.8, 4) is 10.8 Å². The van der Waals surface area contributed by atoms with Crippen molar-refractivity contribution in [1.29, 1.82) is 0 Å². The number of aromatic amines is 1. The SMILES string of the molecule is c1n[nH]c(-c2nc3c(s2)CCCCC3)n1. The zero-order valence-electron chi connectivity index (χ0n) is 8.36. The van der Waals surface area contributed by atoms with Crippen LogP contribution in [0.1, 0.15) is 29.8 Å². The van der Waals surface area contributed by atoms with E-state index in [9.17, 15) is 0 Å². The lowest BCUT2D eigenvalue weighted by atomic mass is 10.2. The normalized spacial score (nSPS) is 16.0. The van der Waals surface area contributed by atoms with Gasteiger partial charge in [0.25, 0.3) is 0 Å². The molecule has 0 aromatic carbocycles. The van der Waals surface area contributed by atoms with Gasteiger partial charge in [-0.1, -0.05) is 6.42 Å². The summed E-state index contributed by atoms with van der Waals surface area (Å²) in [4.78, 5) is 10.2. The Labute approximate surface area is 91.8 Å². The molecule has 2 aromatic rings. The molecule has 1 N–H and O–H groups in total. The van der Waals surface area contributed by atoms with Gasteiger partial charge in [-0.25, -0.2) is 9.97 Å². The Hall–Kier alpha value is -1.23. The van der Waals surface area contributed by atoms with Crippen LogP contribution in [0.25, 0.3) is 10.8 Å². The lowest BCUT2D eigenvalue weighted by Crippen LogP contribution is -1.86. The van der Waals surface area contributed by atoms with Crippen LogP contribution in [0.3, 0.4) is 0 Å². The molecule has 2 aromatic heterocycles. The molecule has 3 rings (SSSR count). The smallest absolute Gasteiger partial charge is 0.184 e. The quantitative estimate of drug-likeness (QED) is 0.749. The third-order valence-corrected chi connectivity index (χ3v) is 3.88. The number of H-pyrrole nitrogens is 1. The van der Waals surface area contributed by atoms with Crippen LogP contribution in [0.4, 0.5) is 0 Å². The summed E-state index contributed by atoms with van der Waals surface area (Å²) in [6.45, 7) is 0. The van der Waals surface area contributed by atoms with E-state index in [0.717, 1.165) is 17.3 Å². The Bertz CT molecular complexity index is 422. The van der Waals surface area contributed by atoms with Crippen molar-refractivity contribution < 1.29 is 0 Å². The lowest BCUT2D eigenvalue weighted by molar-refractivity contribution is 0.709. The molecule has 0 spiro atoms. The van der Waals surface area contributed by atoms with Gasteiger partial charge in [0.2, 0.25) is 0 Å². The second-order valence-corrected chi connectivity index (χ2v) is 4.87. The van der Waals surface area contributed by atoms with Crippen LogP contribution >= 0.6 is 11.3 Å². The van der Waals surface area contributed by atoms with Crippen LogP contribution in [0, 0.1) is 0 Å². The molecule has 0 unspecified atom stereocenters. The van der Waals surface area contributed by atoms with Crippen molar-refractivity contribution >= 4 is 11.3 Å². The maximum Gasteiger partial charge on any atom is 0.184 e. The number of nitrogens with one attached hydrogen (secondary N) is 1. The van der Waals surface area contributed by atoms with E-state index >= 15 is 0 Å². The van der Waals surface area contributed by atoms with E-state index in [1.165, 1.54) is 42.6 Å². The number of aromatic nitrogens is 4. The van der Waals surface area contributed by atoms with Gasteiger partial charge in [-0.2, -0.15) is 5.10 Å². The van der Waals surface area contributed by atoms with E-state index in [1.54, 1.807) is 11.3 Å². The Morgan fingerprint density at radius 1 is 1.20 bits per heavy atom. The molecule has 0 radical (unpaired) electrons. The van der Waals surface area contributed by atoms with Crippen molar-refractivity contribution in [2.24, 2.45) is 0 Å². The maximum atomic E-state index is 4.64. The van der Waals surface area contributed by atoms with Crippen LogP contribution < -0.4 is 0 Å². The molecule has 1 aliphatic carbocycles. The Kier molecular flexibility index (Phi) is 2.25. The second-order valence-electron chi connectivity index (χ2n) is 3.78. The minimum Gasteiger partial charge on any atom is -0.257 e. The van der Waals surface area contributed by atoms with E-state index in [4.69, 9.17) is 0 Å². The molecule has 0 aliphatic heterocycles. The fourth-order valence-electron chi connectivity index (χ4n) is 1.94. The maximum absolute atomic E-state index is 4.64. The third kappa shape index (κ3) is 1.67. The van der Waals surface area contributed by atoms with E-state index in [-0.39, 0.29) is 0 Å². The molecule has 1 aliphatic rings. The van der Waals surface area contributed by atoms with Gasteiger partial charge in [-0.05, 0) is 25.7 Å². The molecule has 0 fully saturated rings. The van der Waals surface area contributed by atoms with Crippen LogP contribution in [-0.2, 0) is 12.8 Å². The highest BCUT2D eigenvalue weighted by Gasteiger charge is 2.15. The third-order valence-electron chi connectivity index (χ3n) is 2.71. The molecule has 0 amide bonds. The number of hydrogen-bond donors (Lipinski definition) is 1. The van der Waals surface area contributed by atoms with Gasteiger partial charge >= 0.3 is 0 Å². The van der Waals surface area contributed by atoms with E-state index in [1.807, 2.05) is 0 Å². The first-order valence-corrected chi connectivity index (χ1v) is 6.09. The summed E-state index contributed by atoms with van der Waals surface area (Å²) in [5.41, 5.74) is 1.28. The predicted molar refractivity (Wildman–Crippen MR) is 58.7 cm³/mol. The van der Waals surface area contributed by atoms with Crippen LogP contribution in [0.15, 0.2) is 6.33 Å². The first-order valence-electron chi connectivity index (χ1n) is 5.28. The number of hydrogen-bond acceptors (Lipinski definition) is 4. The van der Waals surface area contributed by atoms with E-state index in [0.29, 0.717) is 0 Å². The molecule has 0 saturated carbocycles. The molecule has 15 heavy (non-hydrogen) atoms. The highest BCUT2D eigenvalue weighted by atomic mass is 32.1. The van der Waals surface area contributed by atoms with Gasteiger partial charge in [0.05, 0.1) is 5.69 Å². The van der Waals surface area contributed by atoms with Crippen molar-refractivity contribution in [3.63, 3.8) is 0 Å². The highest BCUT2D eigenvalue weighted by molar-refractivity contribution is 7.15. The van der Waals surface area contributed by atoms with E-state index < -0.39 is 0 Å². The molecule has 5 heteroatoms. The molecular weight excluding hydrogens is 208 g/mol. The van der Waals surface area contributed by atoms with Crippen LogP contribution in [-0.4, -0.2) is 20.2 Å². The van der Waals surface area contributed by atoms with Crippen molar-refractivity contribution in [3.05, 3.63) is 16.9 Å². The topological polar surface area (TPSA) is 54.5 Å².